The van der Waals surface area contributed by atoms with E-state index in [1.54, 1.807) is 48.5 Å². The van der Waals surface area contributed by atoms with Crippen LogP contribution in [0.3, 0.4) is 0 Å². The quantitative estimate of drug-likeness (QED) is 0.492. The zero-order chi connectivity index (χ0) is 24.8. The number of rotatable bonds is 6. The summed E-state index contributed by atoms with van der Waals surface area (Å²) in [5.41, 5.74) is 1.91. The molecule has 0 bridgehead atoms. The molecule has 0 heterocycles. The van der Waals surface area contributed by atoms with Gasteiger partial charge in [-0.25, -0.2) is 0 Å². The van der Waals surface area contributed by atoms with Crippen molar-refractivity contribution in [3.8, 4) is 24.7 Å². The summed E-state index contributed by atoms with van der Waals surface area (Å²) in [5.74, 6) is -3.71. The molecular formula is C26H22N2O6. The second-order valence-electron chi connectivity index (χ2n) is 8.00. The molecule has 1 aliphatic carbocycles. The largest absolute Gasteiger partial charge is 0.481 e. The topological polar surface area (TPSA) is 133 Å². The van der Waals surface area contributed by atoms with Crippen LogP contribution in [0.4, 0.5) is 11.4 Å². The molecule has 0 radical (unpaired) electrons. The highest BCUT2D eigenvalue weighted by molar-refractivity contribution is 5.99. The minimum atomic E-state index is -1.30. The monoisotopic (exact) mass is 458 g/mol. The number of anilines is 2. The Morgan fingerprint density at radius 1 is 0.706 bits per heavy atom. The Balaban J connectivity index is 1.85. The summed E-state index contributed by atoms with van der Waals surface area (Å²) in [6, 6.07) is 12.9. The molecule has 4 unspecified atom stereocenters. The highest BCUT2D eigenvalue weighted by Crippen LogP contribution is 2.40. The number of nitrogens with one attached hydrogen (secondary N) is 2. The van der Waals surface area contributed by atoms with Gasteiger partial charge in [-0.05, 0) is 55.3 Å². The summed E-state index contributed by atoms with van der Waals surface area (Å²) in [7, 11) is 0. The number of carbonyl (C=O) groups is 4. The van der Waals surface area contributed by atoms with Crippen LogP contribution in [0.15, 0.2) is 48.5 Å². The third-order valence-electron chi connectivity index (χ3n) is 5.91. The SMILES string of the molecule is C#Cc1ccc(NC(=O)C2CC(C(=O)Nc3cccc(C#C)c3)C(C(=O)O)CC2C(=O)O)cc1. The van der Waals surface area contributed by atoms with Crippen LogP contribution in [0.25, 0.3) is 0 Å². The average Bonchev–Trinajstić information content (AvgIpc) is 2.83. The van der Waals surface area contributed by atoms with Crippen molar-refractivity contribution >= 4 is 35.1 Å². The van der Waals surface area contributed by atoms with E-state index in [0.29, 0.717) is 22.5 Å². The Bertz CT molecular complexity index is 1210. The van der Waals surface area contributed by atoms with E-state index < -0.39 is 47.4 Å². The molecule has 2 aromatic rings. The van der Waals surface area contributed by atoms with Crippen molar-refractivity contribution in [2.45, 2.75) is 12.8 Å². The predicted octanol–water partition coefficient (Wildman–Crippen LogP) is 2.65. The number of carboxylic acid groups (broad SMARTS) is 2. The maximum Gasteiger partial charge on any atom is 0.307 e. The predicted molar refractivity (Wildman–Crippen MR) is 124 cm³/mol. The molecule has 1 fully saturated rings. The Kier molecular flexibility index (Phi) is 7.35. The lowest BCUT2D eigenvalue weighted by Crippen LogP contribution is -2.47. The molecule has 1 aliphatic rings. The lowest BCUT2D eigenvalue weighted by molar-refractivity contribution is -0.157. The first kappa shape index (κ1) is 24.1. The number of carbonyl (C=O) groups excluding carboxylic acids is 2. The van der Waals surface area contributed by atoms with Crippen molar-refractivity contribution in [1.29, 1.82) is 0 Å². The van der Waals surface area contributed by atoms with Crippen LogP contribution in [0.1, 0.15) is 24.0 Å². The Hall–Kier alpha value is -4.56. The Labute approximate surface area is 196 Å². The second-order valence-corrected chi connectivity index (χ2v) is 8.00. The maximum atomic E-state index is 13.0. The molecule has 8 heteroatoms. The molecule has 0 aliphatic heterocycles. The number of aliphatic carboxylic acids is 2. The van der Waals surface area contributed by atoms with Crippen LogP contribution in [0.2, 0.25) is 0 Å². The molecule has 2 aromatic carbocycles. The summed E-state index contributed by atoms with van der Waals surface area (Å²) < 4.78 is 0. The van der Waals surface area contributed by atoms with Crippen LogP contribution in [-0.4, -0.2) is 34.0 Å². The molecule has 0 spiro atoms. The maximum absolute atomic E-state index is 13.0. The zero-order valence-corrected chi connectivity index (χ0v) is 18.0. The average molecular weight is 458 g/mol. The zero-order valence-electron chi connectivity index (χ0n) is 18.0. The van der Waals surface area contributed by atoms with Crippen LogP contribution >= 0.6 is 0 Å². The van der Waals surface area contributed by atoms with Gasteiger partial charge in [0.15, 0.2) is 0 Å². The summed E-state index contributed by atoms with van der Waals surface area (Å²) >= 11 is 0. The highest BCUT2D eigenvalue weighted by atomic mass is 16.4. The van der Waals surface area contributed by atoms with E-state index in [1.165, 1.54) is 0 Å². The fourth-order valence-corrected chi connectivity index (χ4v) is 4.14. The van der Waals surface area contributed by atoms with E-state index in [9.17, 15) is 29.4 Å². The minimum absolute atomic E-state index is 0.247. The van der Waals surface area contributed by atoms with Gasteiger partial charge in [-0.2, -0.15) is 0 Å². The van der Waals surface area contributed by atoms with Gasteiger partial charge in [0.25, 0.3) is 0 Å². The minimum Gasteiger partial charge on any atom is -0.481 e. The van der Waals surface area contributed by atoms with Crippen molar-refractivity contribution in [3.05, 3.63) is 59.7 Å². The van der Waals surface area contributed by atoms with Gasteiger partial charge in [0, 0.05) is 22.5 Å². The van der Waals surface area contributed by atoms with Gasteiger partial charge in [0.1, 0.15) is 0 Å². The second kappa shape index (κ2) is 10.4. The van der Waals surface area contributed by atoms with Gasteiger partial charge < -0.3 is 20.8 Å². The van der Waals surface area contributed by atoms with Crippen molar-refractivity contribution in [2.24, 2.45) is 23.7 Å². The molecule has 0 aromatic heterocycles. The van der Waals surface area contributed by atoms with Crippen LogP contribution in [0.5, 0.6) is 0 Å². The molecular weight excluding hydrogens is 436 g/mol. The van der Waals surface area contributed by atoms with E-state index in [1.807, 2.05) is 0 Å². The number of hydrogen-bond acceptors (Lipinski definition) is 4. The lowest BCUT2D eigenvalue weighted by atomic mass is 9.67. The number of hydrogen-bond donors (Lipinski definition) is 4. The van der Waals surface area contributed by atoms with Crippen molar-refractivity contribution in [1.82, 2.24) is 0 Å². The molecule has 4 N–H and O–H groups in total. The van der Waals surface area contributed by atoms with Gasteiger partial charge in [0.05, 0.1) is 23.7 Å². The molecule has 3 rings (SSSR count). The molecule has 2 amide bonds. The summed E-state index contributed by atoms with van der Waals surface area (Å²) in [4.78, 5) is 49.8. The van der Waals surface area contributed by atoms with Gasteiger partial charge >= 0.3 is 11.9 Å². The van der Waals surface area contributed by atoms with Crippen LogP contribution in [-0.2, 0) is 19.2 Å². The van der Waals surface area contributed by atoms with E-state index in [0.717, 1.165) is 0 Å². The summed E-state index contributed by atoms with van der Waals surface area (Å²) in [5, 5.41) is 24.7. The fourth-order valence-electron chi connectivity index (χ4n) is 4.14. The standard InChI is InChI=1S/C26H22N2O6/c1-3-15-8-10-17(11-9-15)27-23(29)19-13-20(22(26(33)34)14-21(19)25(31)32)24(30)28-18-7-5-6-16(4-2)12-18/h1-2,5-12,19-22H,13-14H2,(H,27,29)(H,28,30)(H,31,32)(H,33,34). The third kappa shape index (κ3) is 5.43. The molecule has 1 saturated carbocycles. The normalized spacial score (nSPS) is 21.4. The molecule has 8 nitrogen and oxygen atoms in total. The molecule has 34 heavy (non-hydrogen) atoms. The first-order chi connectivity index (χ1) is 16.2. The van der Waals surface area contributed by atoms with Crippen molar-refractivity contribution < 1.29 is 29.4 Å². The van der Waals surface area contributed by atoms with Gasteiger partial charge in [-0.15, -0.1) is 12.8 Å². The third-order valence-corrected chi connectivity index (χ3v) is 5.91. The van der Waals surface area contributed by atoms with E-state index in [2.05, 4.69) is 22.5 Å². The summed E-state index contributed by atoms with van der Waals surface area (Å²) in [6.45, 7) is 0. The van der Waals surface area contributed by atoms with Crippen molar-refractivity contribution in [2.75, 3.05) is 10.6 Å². The molecule has 0 saturated heterocycles. The van der Waals surface area contributed by atoms with Crippen molar-refractivity contribution in [3.63, 3.8) is 0 Å². The fraction of sp³-hybridized carbons (Fsp3) is 0.231. The first-order valence-corrected chi connectivity index (χ1v) is 10.4. The summed E-state index contributed by atoms with van der Waals surface area (Å²) in [6.07, 6.45) is 10.1. The Morgan fingerprint density at radius 3 is 1.71 bits per heavy atom. The van der Waals surface area contributed by atoms with Crippen LogP contribution < -0.4 is 10.6 Å². The van der Waals surface area contributed by atoms with Gasteiger partial charge in [0.2, 0.25) is 11.8 Å². The smallest absolute Gasteiger partial charge is 0.307 e. The number of amides is 2. The van der Waals surface area contributed by atoms with E-state index in [-0.39, 0.29) is 12.8 Å². The molecule has 4 atom stereocenters. The number of terminal acetylenes is 2. The lowest BCUT2D eigenvalue weighted by Gasteiger charge is -2.36. The van der Waals surface area contributed by atoms with Gasteiger partial charge in [-0.3, -0.25) is 19.2 Å². The molecule has 172 valence electrons. The highest BCUT2D eigenvalue weighted by Gasteiger charge is 2.49. The van der Waals surface area contributed by atoms with Crippen LogP contribution in [0, 0.1) is 48.4 Å². The number of carboxylic acids is 2. The first-order valence-electron chi connectivity index (χ1n) is 10.4. The Morgan fingerprint density at radius 2 is 1.21 bits per heavy atom. The van der Waals surface area contributed by atoms with E-state index >= 15 is 0 Å². The van der Waals surface area contributed by atoms with Gasteiger partial charge in [-0.1, -0.05) is 17.9 Å². The number of benzene rings is 2. The van der Waals surface area contributed by atoms with E-state index in [4.69, 9.17) is 12.8 Å².